The van der Waals surface area contributed by atoms with Crippen molar-refractivity contribution >= 4 is 38.1 Å². The molecule has 0 aliphatic rings. The molecule has 0 saturated heterocycles. The summed E-state index contributed by atoms with van der Waals surface area (Å²) in [4.78, 5) is 13.1. The van der Waals surface area contributed by atoms with Gasteiger partial charge in [0.2, 0.25) is 0 Å². The third-order valence-electron chi connectivity index (χ3n) is 4.93. The molecule has 0 aliphatic carbocycles. The van der Waals surface area contributed by atoms with Crippen LogP contribution in [-0.4, -0.2) is 46.7 Å². The predicted molar refractivity (Wildman–Crippen MR) is 121 cm³/mol. The number of carboxylic acids is 1. The average Bonchev–Trinajstić information content (AvgIpc) is 2.73. The van der Waals surface area contributed by atoms with E-state index in [2.05, 4.69) is 4.72 Å². The van der Waals surface area contributed by atoms with Gasteiger partial charge in [0, 0.05) is 43.0 Å². The van der Waals surface area contributed by atoms with Crippen molar-refractivity contribution in [3.05, 3.63) is 60.2 Å². The number of sulfonamides is 1. The molecule has 0 fully saturated rings. The monoisotopic (exact) mass is 443 g/mol. The van der Waals surface area contributed by atoms with Gasteiger partial charge in [-0.25, -0.2) is 8.42 Å². The fourth-order valence-corrected chi connectivity index (χ4v) is 4.67. The summed E-state index contributed by atoms with van der Waals surface area (Å²) in [5.74, 6) is -0.774. The van der Waals surface area contributed by atoms with Crippen LogP contribution in [0.25, 0.3) is 10.8 Å². The minimum Gasteiger partial charge on any atom is -0.496 e. The van der Waals surface area contributed by atoms with Gasteiger partial charge in [-0.05, 0) is 23.8 Å². The van der Waals surface area contributed by atoms with Crippen molar-refractivity contribution in [1.82, 2.24) is 0 Å². The van der Waals surface area contributed by atoms with Gasteiger partial charge in [0.05, 0.1) is 17.7 Å². The topological polar surface area (TPSA) is 122 Å². The van der Waals surface area contributed by atoms with Crippen molar-refractivity contribution in [2.45, 2.75) is 17.4 Å². The minimum atomic E-state index is -3.90. The molecule has 0 saturated carbocycles. The second kappa shape index (κ2) is 8.83. The van der Waals surface area contributed by atoms with E-state index in [0.717, 1.165) is 11.1 Å². The maximum Gasteiger partial charge on any atom is 0.320 e. The Kier molecular flexibility index (Phi) is 6.37. The van der Waals surface area contributed by atoms with Gasteiger partial charge in [-0.1, -0.05) is 30.3 Å². The number of nitrogens with two attached hydrogens (primary N) is 1. The molecule has 0 radical (unpaired) electrons. The maximum atomic E-state index is 13.2. The summed E-state index contributed by atoms with van der Waals surface area (Å²) < 4.78 is 34.3. The van der Waals surface area contributed by atoms with E-state index in [9.17, 15) is 13.2 Å². The molecule has 9 heteroatoms. The van der Waals surface area contributed by atoms with Crippen molar-refractivity contribution in [3.63, 3.8) is 0 Å². The SMILES string of the molecule is COc1cc(NS(=O)(=O)c2cccc3c(N(C)C)cccc23)ccc1C[C@H](N)C(=O)O. The van der Waals surface area contributed by atoms with E-state index >= 15 is 0 Å². The number of nitrogens with one attached hydrogen (secondary N) is 1. The summed E-state index contributed by atoms with van der Waals surface area (Å²) in [6, 6.07) is 14.3. The van der Waals surface area contributed by atoms with Crippen LogP contribution in [0.3, 0.4) is 0 Å². The minimum absolute atomic E-state index is 0.0577. The van der Waals surface area contributed by atoms with Gasteiger partial charge in [0.15, 0.2) is 0 Å². The van der Waals surface area contributed by atoms with Crippen molar-refractivity contribution in [1.29, 1.82) is 0 Å². The van der Waals surface area contributed by atoms with E-state index in [-0.39, 0.29) is 11.3 Å². The largest absolute Gasteiger partial charge is 0.496 e. The number of methoxy groups -OCH3 is 1. The fourth-order valence-electron chi connectivity index (χ4n) is 3.40. The molecule has 0 aliphatic heterocycles. The number of rotatable bonds is 8. The van der Waals surface area contributed by atoms with E-state index in [0.29, 0.717) is 22.4 Å². The summed E-state index contributed by atoms with van der Waals surface area (Å²) in [6.45, 7) is 0. The molecule has 0 bridgehead atoms. The summed E-state index contributed by atoms with van der Waals surface area (Å²) in [6.07, 6.45) is 0.0577. The zero-order valence-electron chi connectivity index (χ0n) is 17.5. The Hall–Kier alpha value is -3.30. The van der Waals surface area contributed by atoms with Crippen LogP contribution >= 0.6 is 0 Å². The molecule has 0 heterocycles. The first-order valence-corrected chi connectivity index (χ1v) is 11.0. The van der Waals surface area contributed by atoms with E-state index in [4.69, 9.17) is 15.6 Å². The molecule has 164 valence electrons. The van der Waals surface area contributed by atoms with Gasteiger partial charge in [-0.2, -0.15) is 0 Å². The Bertz CT molecular complexity index is 1230. The van der Waals surface area contributed by atoms with Crippen LogP contribution in [0.15, 0.2) is 59.5 Å². The number of nitrogens with zero attached hydrogens (tertiary/aromatic N) is 1. The van der Waals surface area contributed by atoms with E-state index in [1.165, 1.54) is 13.2 Å². The number of anilines is 2. The van der Waals surface area contributed by atoms with Gasteiger partial charge in [0.1, 0.15) is 11.8 Å². The Morgan fingerprint density at radius 3 is 2.45 bits per heavy atom. The number of hydrogen-bond donors (Lipinski definition) is 3. The molecular formula is C22H25N3O5S. The molecule has 31 heavy (non-hydrogen) atoms. The summed E-state index contributed by atoms with van der Waals surface area (Å²) in [5.41, 5.74) is 7.38. The number of fused-ring (bicyclic) bond motifs is 1. The highest BCUT2D eigenvalue weighted by Gasteiger charge is 2.20. The lowest BCUT2D eigenvalue weighted by Crippen LogP contribution is -2.32. The first-order chi connectivity index (χ1) is 14.6. The van der Waals surface area contributed by atoms with Crippen LogP contribution in [0.4, 0.5) is 11.4 Å². The van der Waals surface area contributed by atoms with E-state index < -0.39 is 22.0 Å². The number of ether oxygens (including phenoxy) is 1. The van der Waals surface area contributed by atoms with Crippen molar-refractivity contribution in [2.75, 3.05) is 30.8 Å². The van der Waals surface area contributed by atoms with Crippen molar-refractivity contribution in [2.24, 2.45) is 5.73 Å². The van der Waals surface area contributed by atoms with Crippen LogP contribution in [0.2, 0.25) is 0 Å². The fraction of sp³-hybridized carbons (Fsp3) is 0.227. The second-order valence-corrected chi connectivity index (χ2v) is 8.95. The number of carbonyl (C=O) groups is 1. The Labute approximate surface area is 181 Å². The Morgan fingerprint density at radius 1 is 1.13 bits per heavy atom. The first-order valence-electron chi connectivity index (χ1n) is 9.51. The van der Waals surface area contributed by atoms with Crippen LogP contribution in [0, 0.1) is 0 Å². The maximum absolute atomic E-state index is 13.2. The summed E-state index contributed by atoms with van der Waals surface area (Å²) in [5, 5.41) is 10.5. The van der Waals surface area contributed by atoms with E-state index in [1.807, 2.05) is 37.2 Å². The molecule has 4 N–H and O–H groups in total. The molecular weight excluding hydrogens is 418 g/mol. The van der Waals surface area contributed by atoms with Crippen molar-refractivity contribution < 1.29 is 23.1 Å². The third kappa shape index (κ3) is 4.73. The molecule has 1 atom stereocenters. The van der Waals surface area contributed by atoms with Crippen LogP contribution in [0.1, 0.15) is 5.56 Å². The Balaban J connectivity index is 1.98. The second-order valence-electron chi connectivity index (χ2n) is 7.30. The van der Waals surface area contributed by atoms with Crippen LogP contribution < -0.4 is 20.1 Å². The molecule has 0 aromatic heterocycles. The Morgan fingerprint density at radius 2 is 1.81 bits per heavy atom. The zero-order chi connectivity index (χ0) is 22.8. The van der Waals surface area contributed by atoms with Gasteiger partial charge in [-0.15, -0.1) is 0 Å². The molecule has 8 nitrogen and oxygen atoms in total. The number of aliphatic carboxylic acids is 1. The van der Waals surface area contributed by atoms with Gasteiger partial charge in [0.25, 0.3) is 10.0 Å². The lowest BCUT2D eigenvalue weighted by atomic mass is 10.1. The third-order valence-corrected chi connectivity index (χ3v) is 6.37. The normalized spacial score (nSPS) is 12.4. The average molecular weight is 444 g/mol. The predicted octanol–water partition coefficient (Wildman–Crippen LogP) is 2.67. The van der Waals surface area contributed by atoms with Gasteiger partial charge in [-0.3, -0.25) is 9.52 Å². The standard InChI is InChI=1S/C22H25N3O5S/c1-25(2)19-8-4-7-17-16(19)6-5-9-21(17)31(28,29)24-15-11-10-14(20(13-15)30-3)12-18(23)22(26)27/h4-11,13,18,24H,12,23H2,1-3H3,(H,26,27)/t18-/m0/s1. The molecule has 0 unspecified atom stereocenters. The van der Waals surface area contributed by atoms with E-state index in [1.54, 1.807) is 30.3 Å². The van der Waals surface area contributed by atoms with Gasteiger partial charge >= 0.3 is 5.97 Å². The number of carboxylic acid groups (broad SMARTS) is 1. The highest BCUT2D eigenvalue weighted by Crippen LogP contribution is 2.32. The smallest absolute Gasteiger partial charge is 0.320 e. The highest BCUT2D eigenvalue weighted by molar-refractivity contribution is 7.93. The summed E-state index contributed by atoms with van der Waals surface area (Å²) >= 11 is 0. The lowest BCUT2D eigenvalue weighted by molar-refractivity contribution is -0.138. The van der Waals surface area contributed by atoms with Gasteiger partial charge < -0.3 is 20.5 Å². The quantitative estimate of drug-likeness (QED) is 0.489. The number of benzene rings is 3. The van der Waals surface area contributed by atoms with Crippen LogP contribution in [-0.2, 0) is 21.2 Å². The number of hydrogen-bond acceptors (Lipinski definition) is 6. The molecule has 3 aromatic carbocycles. The van der Waals surface area contributed by atoms with Crippen LogP contribution in [0.5, 0.6) is 5.75 Å². The summed E-state index contributed by atoms with van der Waals surface area (Å²) in [7, 11) is 1.33. The van der Waals surface area contributed by atoms with Crippen molar-refractivity contribution in [3.8, 4) is 5.75 Å². The molecule has 0 spiro atoms. The molecule has 3 aromatic rings. The highest BCUT2D eigenvalue weighted by atomic mass is 32.2. The first kappa shape index (κ1) is 22.4. The lowest BCUT2D eigenvalue weighted by Gasteiger charge is -2.18. The zero-order valence-corrected chi connectivity index (χ0v) is 18.3. The molecule has 3 rings (SSSR count). The molecule has 0 amide bonds.